The Bertz CT molecular complexity index is 1040. The number of pyridine rings is 1. The number of rotatable bonds is 2. The van der Waals surface area contributed by atoms with Crippen molar-refractivity contribution in [2.24, 2.45) is 0 Å². The summed E-state index contributed by atoms with van der Waals surface area (Å²) in [6.07, 6.45) is 0. The van der Waals surface area contributed by atoms with Gasteiger partial charge in [0, 0.05) is 32.1 Å². The molecule has 0 amide bonds. The van der Waals surface area contributed by atoms with E-state index in [4.69, 9.17) is 21.4 Å². The predicted octanol–water partition coefficient (Wildman–Crippen LogP) is 3.24. The summed E-state index contributed by atoms with van der Waals surface area (Å²) in [6, 6.07) is 10.3. The molecule has 3 rings (SSSR count). The fourth-order valence-electron chi connectivity index (χ4n) is 2.25. The number of benzene rings is 2. The van der Waals surface area contributed by atoms with E-state index in [9.17, 15) is 16.8 Å². The van der Waals surface area contributed by atoms with Gasteiger partial charge in [-0.05, 0) is 30.3 Å². The van der Waals surface area contributed by atoms with E-state index < -0.39 is 18.1 Å². The maximum atomic E-state index is 11.7. The third kappa shape index (κ3) is 2.65. The van der Waals surface area contributed by atoms with Gasteiger partial charge in [0.1, 0.15) is 0 Å². The maximum absolute atomic E-state index is 11.7. The second-order valence-electron chi connectivity index (χ2n) is 4.51. The Morgan fingerprint density at radius 1 is 0.727 bits per heavy atom. The lowest BCUT2D eigenvalue weighted by molar-refractivity contribution is 0.609. The van der Waals surface area contributed by atoms with Crippen LogP contribution in [0.4, 0.5) is 0 Å². The van der Waals surface area contributed by atoms with Crippen LogP contribution in [-0.2, 0) is 18.1 Å². The maximum Gasteiger partial charge on any atom is 0.261 e. The Kier molecular flexibility index (Phi) is 3.56. The van der Waals surface area contributed by atoms with Crippen LogP contribution in [-0.4, -0.2) is 21.8 Å². The van der Waals surface area contributed by atoms with Gasteiger partial charge >= 0.3 is 0 Å². The summed E-state index contributed by atoms with van der Waals surface area (Å²) in [5.41, 5.74) is 0.775. The Hall–Kier alpha value is -1.41. The normalized spacial score (nSPS) is 12.8. The van der Waals surface area contributed by atoms with E-state index in [2.05, 4.69) is 4.98 Å². The molecule has 0 saturated heterocycles. The molecule has 0 fully saturated rings. The van der Waals surface area contributed by atoms with Crippen LogP contribution in [0.3, 0.4) is 0 Å². The first-order valence-electron chi connectivity index (χ1n) is 5.90. The van der Waals surface area contributed by atoms with Crippen molar-refractivity contribution in [2.45, 2.75) is 9.79 Å². The highest BCUT2D eigenvalue weighted by Gasteiger charge is 2.19. The summed E-state index contributed by atoms with van der Waals surface area (Å²) in [5, 5.41) is 0.468. The van der Waals surface area contributed by atoms with Crippen molar-refractivity contribution in [1.82, 2.24) is 4.98 Å². The molecular formula is C13H7Cl2NO4S2. The molecular weight excluding hydrogens is 369 g/mol. The standard InChI is InChI=1S/C13H7Cl2NO4S2/c14-21(17,18)12-5-1-3-10-8(12)7-9-11(16-10)4-2-6-13(9)22(15,19)20/h1-7H. The Morgan fingerprint density at radius 3 is 1.50 bits per heavy atom. The highest BCUT2D eigenvalue weighted by Crippen LogP contribution is 2.31. The number of hydrogen-bond donors (Lipinski definition) is 0. The van der Waals surface area contributed by atoms with Gasteiger partial charge in [0.25, 0.3) is 18.1 Å². The lowest BCUT2D eigenvalue weighted by Crippen LogP contribution is -1.96. The van der Waals surface area contributed by atoms with E-state index in [-0.39, 0.29) is 20.6 Å². The lowest BCUT2D eigenvalue weighted by Gasteiger charge is -2.07. The van der Waals surface area contributed by atoms with E-state index in [1.165, 1.54) is 30.3 Å². The molecule has 0 unspecified atom stereocenters. The Morgan fingerprint density at radius 2 is 1.14 bits per heavy atom. The topological polar surface area (TPSA) is 81.2 Å². The zero-order chi connectivity index (χ0) is 16.1. The van der Waals surface area contributed by atoms with E-state index >= 15 is 0 Å². The molecule has 3 aromatic rings. The quantitative estimate of drug-likeness (QED) is 0.507. The van der Waals surface area contributed by atoms with Gasteiger partial charge in [-0.2, -0.15) is 0 Å². The summed E-state index contributed by atoms with van der Waals surface area (Å²) in [4.78, 5) is 4.01. The zero-order valence-corrected chi connectivity index (χ0v) is 13.8. The highest BCUT2D eigenvalue weighted by atomic mass is 35.7. The number of aromatic nitrogens is 1. The third-order valence-corrected chi connectivity index (χ3v) is 5.90. The summed E-state index contributed by atoms with van der Waals surface area (Å²) in [7, 11) is 2.84. The lowest BCUT2D eigenvalue weighted by atomic mass is 10.1. The molecule has 0 atom stereocenters. The third-order valence-electron chi connectivity index (χ3n) is 3.14. The van der Waals surface area contributed by atoms with Crippen LogP contribution in [0, 0.1) is 0 Å². The summed E-state index contributed by atoms with van der Waals surface area (Å²) < 4.78 is 46.6. The average molecular weight is 376 g/mol. The second kappa shape index (κ2) is 5.06. The molecule has 114 valence electrons. The van der Waals surface area contributed by atoms with Crippen LogP contribution < -0.4 is 0 Å². The smallest absolute Gasteiger partial charge is 0.248 e. The minimum Gasteiger partial charge on any atom is -0.248 e. The van der Waals surface area contributed by atoms with Crippen LogP contribution >= 0.6 is 21.4 Å². The molecule has 1 heterocycles. The van der Waals surface area contributed by atoms with Gasteiger partial charge in [-0.1, -0.05) is 12.1 Å². The number of nitrogens with zero attached hydrogens (tertiary/aromatic N) is 1. The van der Waals surface area contributed by atoms with Gasteiger partial charge in [-0.15, -0.1) is 0 Å². The molecule has 0 spiro atoms. The first-order valence-corrected chi connectivity index (χ1v) is 10.5. The molecule has 0 aliphatic carbocycles. The fraction of sp³-hybridized carbons (Fsp3) is 0. The molecule has 0 aliphatic heterocycles. The SMILES string of the molecule is O=S(=O)(Cl)c1cccc2nc3cccc(S(=O)(=O)Cl)c3cc12. The van der Waals surface area contributed by atoms with Crippen molar-refractivity contribution >= 4 is 61.3 Å². The van der Waals surface area contributed by atoms with Gasteiger partial charge in [-0.25, -0.2) is 21.8 Å². The molecule has 0 N–H and O–H groups in total. The van der Waals surface area contributed by atoms with Gasteiger partial charge < -0.3 is 0 Å². The van der Waals surface area contributed by atoms with Crippen LogP contribution in [0.2, 0.25) is 0 Å². The molecule has 0 bridgehead atoms. The van der Waals surface area contributed by atoms with E-state index in [0.717, 1.165) is 0 Å². The largest absolute Gasteiger partial charge is 0.261 e. The van der Waals surface area contributed by atoms with Crippen molar-refractivity contribution in [3.8, 4) is 0 Å². The molecule has 22 heavy (non-hydrogen) atoms. The summed E-state index contributed by atoms with van der Waals surface area (Å²) in [6.45, 7) is 0. The predicted molar refractivity (Wildman–Crippen MR) is 85.3 cm³/mol. The van der Waals surface area contributed by atoms with Crippen molar-refractivity contribution in [3.63, 3.8) is 0 Å². The number of fused-ring (bicyclic) bond motifs is 2. The number of hydrogen-bond acceptors (Lipinski definition) is 5. The van der Waals surface area contributed by atoms with Gasteiger partial charge in [-0.3, -0.25) is 0 Å². The van der Waals surface area contributed by atoms with E-state index in [0.29, 0.717) is 11.0 Å². The van der Waals surface area contributed by atoms with Crippen molar-refractivity contribution in [2.75, 3.05) is 0 Å². The minimum atomic E-state index is -4.00. The summed E-state index contributed by atoms with van der Waals surface area (Å²) >= 11 is 0. The first kappa shape index (κ1) is 15.5. The second-order valence-corrected chi connectivity index (χ2v) is 9.58. The van der Waals surface area contributed by atoms with E-state index in [1.807, 2.05) is 0 Å². The molecule has 9 heteroatoms. The van der Waals surface area contributed by atoms with Crippen molar-refractivity contribution < 1.29 is 16.8 Å². The van der Waals surface area contributed by atoms with E-state index in [1.54, 1.807) is 12.1 Å². The first-order chi connectivity index (χ1) is 10.2. The molecule has 0 saturated carbocycles. The van der Waals surface area contributed by atoms with Gasteiger partial charge in [0.2, 0.25) is 0 Å². The highest BCUT2D eigenvalue weighted by molar-refractivity contribution is 8.14. The Labute approximate surface area is 135 Å². The average Bonchev–Trinajstić information content (AvgIpc) is 2.41. The molecule has 1 aromatic heterocycles. The Balaban J connectivity index is 2.56. The van der Waals surface area contributed by atoms with Crippen LogP contribution in [0.1, 0.15) is 0 Å². The van der Waals surface area contributed by atoms with Crippen LogP contribution in [0.5, 0.6) is 0 Å². The van der Waals surface area contributed by atoms with Gasteiger partial charge in [0.05, 0.1) is 20.8 Å². The molecule has 0 radical (unpaired) electrons. The molecule has 5 nitrogen and oxygen atoms in total. The van der Waals surface area contributed by atoms with Crippen molar-refractivity contribution in [3.05, 3.63) is 42.5 Å². The molecule has 0 aliphatic rings. The summed E-state index contributed by atoms with van der Waals surface area (Å²) in [5.74, 6) is 0. The number of halogens is 2. The zero-order valence-electron chi connectivity index (χ0n) is 10.7. The molecule has 2 aromatic carbocycles. The van der Waals surface area contributed by atoms with Crippen LogP contribution in [0.25, 0.3) is 21.8 Å². The van der Waals surface area contributed by atoms with Gasteiger partial charge in [0.15, 0.2) is 0 Å². The van der Waals surface area contributed by atoms with Crippen LogP contribution in [0.15, 0.2) is 52.3 Å². The fourth-order valence-corrected chi connectivity index (χ4v) is 4.39. The minimum absolute atomic E-state index is 0.136. The van der Waals surface area contributed by atoms with Crippen molar-refractivity contribution in [1.29, 1.82) is 0 Å². The monoisotopic (exact) mass is 375 g/mol.